The molecule has 0 amide bonds. The molecule has 0 radical (unpaired) electrons. The highest BCUT2D eigenvalue weighted by Crippen LogP contribution is 2.32. The van der Waals surface area contributed by atoms with Gasteiger partial charge in [-0.25, -0.2) is 0 Å². The second kappa shape index (κ2) is 8.64. The van der Waals surface area contributed by atoms with Crippen molar-refractivity contribution < 1.29 is 18.9 Å². The molecule has 0 unspecified atom stereocenters. The molecule has 3 aromatic rings. The Hall–Kier alpha value is -2.92. The molecule has 5 heteroatoms. The summed E-state index contributed by atoms with van der Waals surface area (Å²) in [4.78, 5) is 0. The highest BCUT2D eigenvalue weighted by Gasteiger charge is 2.09. The SMILES string of the molecule is COc1ccc2c(CNCc3ccc(OC)c(OC)c3)ccc(OC)c2c1. The number of hydrogen-bond donors (Lipinski definition) is 1. The van der Waals surface area contributed by atoms with Gasteiger partial charge < -0.3 is 24.3 Å². The van der Waals surface area contributed by atoms with E-state index in [9.17, 15) is 0 Å². The van der Waals surface area contributed by atoms with Crippen molar-refractivity contribution in [2.75, 3.05) is 28.4 Å². The second-order valence-electron chi connectivity index (χ2n) is 6.13. The Morgan fingerprint density at radius 3 is 2.07 bits per heavy atom. The average molecular weight is 367 g/mol. The monoisotopic (exact) mass is 367 g/mol. The molecule has 0 spiro atoms. The summed E-state index contributed by atoms with van der Waals surface area (Å²) in [5.74, 6) is 3.12. The lowest BCUT2D eigenvalue weighted by molar-refractivity contribution is 0.354. The Labute approximate surface area is 159 Å². The van der Waals surface area contributed by atoms with Crippen molar-refractivity contribution in [3.8, 4) is 23.0 Å². The van der Waals surface area contributed by atoms with Crippen LogP contribution >= 0.6 is 0 Å². The van der Waals surface area contributed by atoms with E-state index in [-0.39, 0.29) is 0 Å². The van der Waals surface area contributed by atoms with Gasteiger partial charge in [-0.1, -0.05) is 18.2 Å². The third-order valence-corrected chi connectivity index (χ3v) is 4.59. The lowest BCUT2D eigenvalue weighted by Gasteiger charge is -2.13. The van der Waals surface area contributed by atoms with Crippen LogP contribution in [0.1, 0.15) is 11.1 Å². The summed E-state index contributed by atoms with van der Waals surface area (Å²) >= 11 is 0. The Balaban J connectivity index is 1.77. The van der Waals surface area contributed by atoms with Crippen molar-refractivity contribution in [2.24, 2.45) is 0 Å². The quantitative estimate of drug-likeness (QED) is 0.648. The molecular formula is C22H25NO4. The van der Waals surface area contributed by atoms with Gasteiger partial charge in [-0.05, 0) is 46.8 Å². The minimum atomic E-state index is 0.726. The summed E-state index contributed by atoms with van der Waals surface area (Å²) in [7, 11) is 6.64. The lowest BCUT2D eigenvalue weighted by atomic mass is 10.0. The molecule has 142 valence electrons. The zero-order chi connectivity index (χ0) is 19.2. The highest BCUT2D eigenvalue weighted by molar-refractivity contribution is 5.92. The number of hydrogen-bond acceptors (Lipinski definition) is 5. The smallest absolute Gasteiger partial charge is 0.161 e. The van der Waals surface area contributed by atoms with E-state index in [1.807, 2.05) is 36.4 Å². The summed E-state index contributed by atoms with van der Waals surface area (Å²) in [6.45, 7) is 1.46. The Morgan fingerprint density at radius 2 is 1.37 bits per heavy atom. The van der Waals surface area contributed by atoms with Crippen LogP contribution in [-0.4, -0.2) is 28.4 Å². The zero-order valence-corrected chi connectivity index (χ0v) is 16.2. The first-order valence-electron chi connectivity index (χ1n) is 8.75. The summed E-state index contributed by atoms with van der Waals surface area (Å²) in [6, 6.07) is 16.1. The van der Waals surface area contributed by atoms with E-state index in [2.05, 4.69) is 17.4 Å². The van der Waals surface area contributed by atoms with Crippen molar-refractivity contribution >= 4 is 10.8 Å². The first kappa shape index (κ1) is 18.9. The van der Waals surface area contributed by atoms with Crippen molar-refractivity contribution in [3.63, 3.8) is 0 Å². The fourth-order valence-corrected chi connectivity index (χ4v) is 3.15. The maximum absolute atomic E-state index is 5.50. The fourth-order valence-electron chi connectivity index (χ4n) is 3.15. The Bertz CT molecular complexity index is 924. The Morgan fingerprint density at radius 1 is 0.630 bits per heavy atom. The van der Waals surface area contributed by atoms with Crippen LogP contribution in [0.15, 0.2) is 48.5 Å². The van der Waals surface area contributed by atoms with Crippen LogP contribution in [-0.2, 0) is 13.1 Å². The predicted molar refractivity (Wildman–Crippen MR) is 107 cm³/mol. The molecule has 0 heterocycles. The van der Waals surface area contributed by atoms with E-state index in [0.29, 0.717) is 0 Å². The number of fused-ring (bicyclic) bond motifs is 1. The van der Waals surface area contributed by atoms with E-state index < -0.39 is 0 Å². The van der Waals surface area contributed by atoms with Gasteiger partial charge in [-0.15, -0.1) is 0 Å². The molecule has 0 aliphatic carbocycles. The number of methoxy groups -OCH3 is 4. The van der Waals surface area contributed by atoms with Gasteiger partial charge in [-0.3, -0.25) is 0 Å². The topological polar surface area (TPSA) is 49.0 Å². The normalized spacial score (nSPS) is 10.7. The first-order chi connectivity index (χ1) is 13.2. The average Bonchev–Trinajstić information content (AvgIpc) is 2.73. The minimum absolute atomic E-state index is 0.726. The molecule has 0 aliphatic rings. The van der Waals surface area contributed by atoms with E-state index in [1.165, 1.54) is 5.56 Å². The molecule has 0 saturated carbocycles. The third kappa shape index (κ3) is 4.09. The summed E-state index contributed by atoms with van der Waals surface area (Å²) in [6.07, 6.45) is 0. The predicted octanol–water partition coefficient (Wildman–Crippen LogP) is 4.16. The van der Waals surface area contributed by atoms with Crippen LogP contribution in [0.2, 0.25) is 0 Å². The number of nitrogens with one attached hydrogen (secondary N) is 1. The maximum Gasteiger partial charge on any atom is 0.161 e. The summed E-state index contributed by atoms with van der Waals surface area (Å²) < 4.78 is 21.5. The molecule has 0 fully saturated rings. The van der Waals surface area contributed by atoms with Crippen LogP contribution in [0, 0.1) is 0 Å². The van der Waals surface area contributed by atoms with Gasteiger partial charge in [0.05, 0.1) is 28.4 Å². The molecule has 3 aromatic carbocycles. The first-order valence-corrected chi connectivity index (χ1v) is 8.75. The highest BCUT2D eigenvalue weighted by atomic mass is 16.5. The molecule has 3 rings (SSSR count). The summed E-state index contributed by atoms with van der Waals surface area (Å²) in [5.41, 5.74) is 2.33. The molecule has 0 saturated heterocycles. The lowest BCUT2D eigenvalue weighted by Crippen LogP contribution is -2.13. The van der Waals surface area contributed by atoms with Gasteiger partial charge in [0.15, 0.2) is 11.5 Å². The molecule has 0 bridgehead atoms. The standard InChI is InChI=1S/C22H25NO4/c1-24-17-7-8-18-16(6-10-20(25-2)19(18)12-17)14-23-13-15-5-9-21(26-3)22(11-15)27-4/h5-12,23H,13-14H2,1-4H3. The van der Waals surface area contributed by atoms with Crippen molar-refractivity contribution in [2.45, 2.75) is 13.1 Å². The van der Waals surface area contributed by atoms with Gasteiger partial charge in [0.2, 0.25) is 0 Å². The van der Waals surface area contributed by atoms with E-state index in [4.69, 9.17) is 18.9 Å². The van der Waals surface area contributed by atoms with Crippen molar-refractivity contribution in [1.82, 2.24) is 5.32 Å². The van der Waals surface area contributed by atoms with Crippen LogP contribution in [0.4, 0.5) is 0 Å². The zero-order valence-electron chi connectivity index (χ0n) is 16.2. The summed E-state index contributed by atoms with van der Waals surface area (Å²) in [5, 5.41) is 5.69. The van der Waals surface area contributed by atoms with E-state index in [0.717, 1.165) is 52.4 Å². The second-order valence-corrected chi connectivity index (χ2v) is 6.13. The van der Waals surface area contributed by atoms with Gasteiger partial charge in [-0.2, -0.15) is 0 Å². The van der Waals surface area contributed by atoms with Crippen molar-refractivity contribution in [3.05, 3.63) is 59.7 Å². The number of rotatable bonds is 8. The van der Waals surface area contributed by atoms with Gasteiger partial charge >= 0.3 is 0 Å². The van der Waals surface area contributed by atoms with Crippen LogP contribution in [0.25, 0.3) is 10.8 Å². The minimum Gasteiger partial charge on any atom is -0.497 e. The van der Waals surface area contributed by atoms with Gasteiger partial charge in [0.1, 0.15) is 11.5 Å². The van der Waals surface area contributed by atoms with E-state index >= 15 is 0 Å². The molecule has 27 heavy (non-hydrogen) atoms. The molecule has 0 aromatic heterocycles. The number of benzene rings is 3. The van der Waals surface area contributed by atoms with Crippen LogP contribution in [0.5, 0.6) is 23.0 Å². The van der Waals surface area contributed by atoms with Crippen LogP contribution in [0.3, 0.4) is 0 Å². The molecule has 0 aliphatic heterocycles. The van der Waals surface area contributed by atoms with Crippen LogP contribution < -0.4 is 24.3 Å². The van der Waals surface area contributed by atoms with Crippen molar-refractivity contribution in [1.29, 1.82) is 0 Å². The molecule has 0 atom stereocenters. The van der Waals surface area contributed by atoms with E-state index in [1.54, 1.807) is 28.4 Å². The largest absolute Gasteiger partial charge is 0.497 e. The molecule has 1 N–H and O–H groups in total. The third-order valence-electron chi connectivity index (χ3n) is 4.59. The Kier molecular flexibility index (Phi) is 6.04. The fraction of sp³-hybridized carbons (Fsp3) is 0.273. The van der Waals surface area contributed by atoms with Gasteiger partial charge in [0.25, 0.3) is 0 Å². The number of ether oxygens (including phenoxy) is 4. The molecular weight excluding hydrogens is 342 g/mol. The van der Waals surface area contributed by atoms with Gasteiger partial charge in [0, 0.05) is 18.5 Å². The maximum atomic E-state index is 5.50. The molecule has 5 nitrogen and oxygen atoms in total.